The molecule has 108 valence electrons. The zero-order valence-electron chi connectivity index (χ0n) is 12.5. The lowest BCUT2D eigenvalue weighted by Gasteiger charge is -2.26. The summed E-state index contributed by atoms with van der Waals surface area (Å²) in [6.45, 7) is 14.4. The molecule has 1 N–H and O–H groups in total. The molecule has 0 atom stereocenters. The van der Waals surface area contributed by atoms with Gasteiger partial charge in [0.15, 0.2) is 0 Å². The second-order valence-electron chi connectivity index (χ2n) is 5.63. The lowest BCUT2D eigenvalue weighted by atomic mass is 10.2. The fourth-order valence-corrected chi connectivity index (χ4v) is 1.66. The number of carbonyl (C=O) groups excluding carboxylic acids is 1. The zero-order chi connectivity index (χ0) is 13.9. The SMILES string of the molecule is CC(C)(C)OC=O.CCCCCN1CCNCC1. The maximum atomic E-state index is 9.60. The van der Waals surface area contributed by atoms with E-state index in [0.29, 0.717) is 6.47 Å². The smallest absolute Gasteiger partial charge is 0.293 e. The number of rotatable bonds is 5. The summed E-state index contributed by atoms with van der Waals surface area (Å²) in [5.74, 6) is 0. The van der Waals surface area contributed by atoms with E-state index in [1.54, 1.807) is 0 Å². The summed E-state index contributed by atoms with van der Waals surface area (Å²) >= 11 is 0. The molecule has 0 spiro atoms. The minimum Gasteiger partial charge on any atom is -0.462 e. The fourth-order valence-electron chi connectivity index (χ4n) is 1.66. The van der Waals surface area contributed by atoms with Gasteiger partial charge in [-0.2, -0.15) is 0 Å². The first-order valence-electron chi connectivity index (χ1n) is 7.04. The molecule has 0 radical (unpaired) electrons. The third-order valence-corrected chi connectivity index (χ3v) is 2.69. The van der Waals surface area contributed by atoms with Crippen molar-refractivity contribution in [2.24, 2.45) is 0 Å². The summed E-state index contributed by atoms with van der Waals surface area (Å²) in [7, 11) is 0. The highest BCUT2D eigenvalue weighted by Crippen LogP contribution is 2.02. The fraction of sp³-hybridized carbons (Fsp3) is 0.929. The normalized spacial score (nSPS) is 16.7. The van der Waals surface area contributed by atoms with Crippen molar-refractivity contribution >= 4 is 6.47 Å². The first-order chi connectivity index (χ1) is 8.49. The van der Waals surface area contributed by atoms with Crippen molar-refractivity contribution in [1.82, 2.24) is 10.2 Å². The van der Waals surface area contributed by atoms with Gasteiger partial charge in [-0.15, -0.1) is 0 Å². The van der Waals surface area contributed by atoms with E-state index < -0.39 is 0 Å². The van der Waals surface area contributed by atoms with Crippen molar-refractivity contribution in [2.45, 2.75) is 52.6 Å². The lowest BCUT2D eigenvalue weighted by Crippen LogP contribution is -2.43. The molecule has 1 saturated heterocycles. The van der Waals surface area contributed by atoms with Crippen LogP contribution in [0.5, 0.6) is 0 Å². The van der Waals surface area contributed by atoms with Gasteiger partial charge >= 0.3 is 0 Å². The number of hydrogen-bond acceptors (Lipinski definition) is 4. The summed E-state index contributed by atoms with van der Waals surface area (Å²) in [5, 5.41) is 3.36. The van der Waals surface area contributed by atoms with Crippen LogP contribution in [0.15, 0.2) is 0 Å². The Morgan fingerprint density at radius 3 is 2.22 bits per heavy atom. The van der Waals surface area contributed by atoms with E-state index in [1.807, 2.05) is 20.8 Å². The van der Waals surface area contributed by atoms with Gasteiger partial charge in [-0.25, -0.2) is 0 Å². The van der Waals surface area contributed by atoms with Crippen LogP contribution >= 0.6 is 0 Å². The molecular formula is C14H30N2O2. The van der Waals surface area contributed by atoms with E-state index in [0.717, 1.165) is 0 Å². The number of hydrogen-bond donors (Lipinski definition) is 1. The molecule has 0 aromatic heterocycles. The van der Waals surface area contributed by atoms with Crippen LogP contribution in [0, 0.1) is 0 Å². The van der Waals surface area contributed by atoms with Crippen LogP contribution in [0.25, 0.3) is 0 Å². The molecule has 4 heteroatoms. The molecule has 0 unspecified atom stereocenters. The summed E-state index contributed by atoms with van der Waals surface area (Å²) < 4.78 is 4.55. The van der Waals surface area contributed by atoms with Gasteiger partial charge in [0.25, 0.3) is 6.47 Å². The minimum absolute atomic E-state index is 0.318. The molecule has 0 aromatic rings. The first-order valence-corrected chi connectivity index (χ1v) is 7.04. The third-order valence-electron chi connectivity index (χ3n) is 2.69. The van der Waals surface area contributed by atoms with E-state index >= 15 is 0 Å². The highest BCUT2D eigenvalue weighted by molar-refractivity contribution is 5.37. The van der Waals surface area contributed by atoms with Gasteiger partial charge < -0.3 is 15.0 Å². The molecule has 1 aliphatic rings. The molecule has 1 heterocycles. The summed E-state index contributed by atoms with van der Waals surface area (Å²) in [6, 6.07) is 0. The molecule has 0 aromatic carbocycles. The number of ether oxygens (including phenoxy) is 1. The molecule has 0 amide bonds. The van der Waals surface area contributed by atoms with Crippen LogP contribution in [0.4, 0.5) is 0 Å². The largest absolute Gasteiger partial charge is 0.462 e. The molecule has 1 rings (SSSR count). The van der Waals surface area contributed by atoms with Gasteiger partial charge in [0.2, 0.25) is 0 Å². The lowest BCUT2D eigenvalue weighted by molar-refractivity contribution is -0.138. The van der Waals surface area contributed by atoms with Crippen LogP contribution in [-0.4, -0.2) is 49.7 Å². The number of carbonyl (C=O) groups is 1. The van der Waals surface area contributed by atoms with Crippen molar-refractivity contribution in [3.63, 3.8) is 0 Å². The number of unbranched alkanes of at least 4 members (excludes halogenated alkanes) is 2. The Labute approximate surface area is 112 Å². The number of nitrogens with zero attached hydrogens (tertiary/aromatic N) is 1. The van der Waals surface area contributed by atoms with Crippen LogP contribution in [-0.2, 0) is 9.53 Å². The van der Waals surface area contributed by atoms with Gasteiger partial charge in [-0.1, -0.05) is 19.8 Å². The average Bonchev–Trinajstić information content (AvgIpc) is 2.30. The average molecular weight is 258 g/mol. The maximum Gasteiger partial charge on any atom is 0.293 e. The van der Waals surface area contributed by atoms with Crippen molar-refractivity contribution in [3.05, 3.63) is 0 Å². The first kappa shape index (κ1) is 17.4. The topological polar surface area (TPSA) is 41.6 Å². The van der Waals surface area contributed by atoms with Crippen LogP contribution in [0.1, 0.15) is 47.0 Å². The highest BCUT2D eigenvalue weighted by Gasteiger charge is 2.08. The summed E-state index contributed by atoms with van der Waals surface area (Å²) in [4.78, 5) is 12.2. The van der Waals surface area contributed by atoms with Gasteiger partial charge in [0, 0.05) is 26.2 Å². The molecule has 4 nitrogen and oxygen atoms in total. The van der Waals surface area contributed by atoms with Gasteiger partial charge in [-0.05, 0) is 33.7 Å². The molecule has 1 fully saturated rings. The quantitative estimate of drug-likeness (QED) is 0.605. The number of nitrogens with one attached hydrogen (secondary N) is 1. The number of piperazine rings is 1. The van der Waals surface area contributed by atoms with Crippen LogP contribution < -0.4 is 5.32 Å². The second-order valence-corrected chi connectivity index (χ2v) is 5.63. The monoisotopic (exact) mass is 258 g/mol. The standard InChI is InChI=1S/C9H20N2.C5H10O2/c1-2-3-4-7-11-8-5-10-6-9-11;1-5(2,3)7-4-6/h10H,2-9H2,1H3;4H,1-3H3. The minimum atomic E-state index is -0.318. The maximum absolute atomic E-state index is 9.60. The zero-order valence-corrected chi connectivity index (χ0v) is 12.5. The molecule has 0 aliphatic carbocycles. The Hall–Kier alpha value is -0.610. The van der Waals surface area contributed by atoms with Crippen LogP contribution in [0.2, 0.25) is 0 Å². The Bertz CT molecular complexity index is 196. The molecular weight excluding hydrogens is 228 g/mol. The predicted molar refractivity (Wildman–Crippen MR) is 75.7 cm³/mol. The summed E-state index contributed by atoms with van der Waals surface area (Å²) in [5.41, 5.74) is -0.318. The van der Waals surface area contributed by atoms with E-state index in [4.69, 9.17) is 0 Å². The van der Waals surface area contributed by atoms with Gasteiger partial charge in [-0.3, -0.25) is 4.79 Å². The molecule has 18 heavy (non-hydrogen) atoms. The Morgan fingerprint density at radius 1 is 1.22 bits per heavy atom. The van der Waals surface area contributed by atoms with E-state index in [1.165, 1.54) is 52.0 Å². The Kier molecular flexibility index (Phi) is 9.98. The predicted octanol–water partition coefficient (Wildman–Crippen LogP) is 2.04. The van der Waals surface area contributed by atoms with Crippen molar-refractivity contribution in [3.8, 4) is 0 Å². The second kappa shape index (κ2) is 10.3. The Balaban J connectivity index is 0.000000360. The van der Waals surface area contributed by atoms with Gasteiger partial charge in [0.05, 0.1) is 0 Å². The third kappa shape index (κ3) is 11.9. The summed E-state index contributed by atoms with van der Waals surface area (Å²) in [6.07, 6.45) is 4.12. The van der Waals surface area contributed by atoms with E-state index in [2.05, 4.69) is 21.9 Å². The molecule has 1 aliphatic heterocycles. The highest BCUT2D eigenvalue weighted by atomic mass is 16.5. The van der Waals surface area contributed by atoms with E-state index in [9.17, 15) is 4.79 Å². The molecule has 0 saturated carbocycles. The van der Waals surface area contributed by atoms with Crippen molar-refractivity contribution < 1.29 is 9.53 Å². The van der Waals surface area contributed by atoms with Crippen LogP contribution in [0.3, 0.4) is 0 Å². The van der Waals surface area contributed by atoms with Crippen molar-refractivity contribution in [2.75, 3.05) is 32.7 Å². The Morgan fingerprint density at radius 2 is 1.83 bits per heavy atom. The van der Waals surface area contributed by atoms with E-state index in [-0.39, 0.29) is 5.60 Å². The van der Waals surface area contributed by atoms with Crippen molar-refractivity contribution in [1.29, 1.82) is 0 Å². The molecule has 0 bridgehead atoms. The van der Waals surface area contributed by atoms with Gasteiger partial charge in [0.1, 0.15) is 5.60 Å².